The first-order valence-corrected chi connectivity index (χ1v) is 6.14. The molecule has 0 saturated heterocycles. The normalized spacial score (nSPS) is 12.4. The van der Waals surface area contributed by atoms with E-state index in [9.17, 15) is 0 Å². The minimum Gasteiger partial charge on any atom is -0.513 e. The zero-order chi connectivity index (χ0) is 14.4. The van der Waals surface area contributed by atoms with Gasteiger partial charge in [0.1, 0.15) is 0 Å². The van der Waals surface area contributed by atoms with Gasteiger partial charge in [0.05, 0.1) is 22.7 Å². The van der Waals surface area contributed by atoms with Gasteiger partial charge in [-0.05, 0) is 40.5 Å². The van der Waals surface area contributed by atoms with Crippen LogP contribution in [0, 0.1) is 0 Å². The standard InChI is InChI=1S/C14H26O4/c1-11(15)7-9-13(3,4)17-18-14(5,6)10-8-12(2)16/h15-16H,1-2,7-10H2,3-6H3. The topological polar surface area (TPSA) is 58.9 Å². The molecule has 0 fully saturated rings. The maximum atomic E-state index is 9.06. The second-order valence-corrected chi connectivity index (χ2v) is 5.82. The Morgan fingerprint density at radius 1 is 0.833 bits per heavy atom. The third-order valence-corrected chi connectivity index (χ3v) is 2.52. The Bertz CT molecular complexity index is 262. The highest BCUT2D eigenvalue weighted by Crippen LogP contribution is 2.25. The Hall–Kier alpha value is -1.00. The lowest BCUT2D eigenvalue weighted by atomic mass is 10.0. The molecule has 18 heavy (non-hydrogen) atoms. The molecular formula is C14H26O4. The highest BCUT2D eigenvalue weighted by atomic mass is 17.2. The molecule has 106 valence electrons. The van der Waals surface area contributed by atoms with E-state index in [1.807, 2.05) is 27.7 Å². The van der Waals surface area contributed by atoms with Crippen LogP contribution in [0.2, 0.25) is 0 Å². The third kappa shape index (κ3) is 9.07. The van der Waals surface area contributed by atoms with Crippen molar-refractivity contribution in [1.82, 2.24) is 0 Å². The molecule has 0 aromatic rings. The second kappa shape index (κ2) is 6.81. The Morgan fingerprint density at radius 2 is 1.11 bits per heavy atom. The molecule has 0 aliphatic rings. The Kier molecular flexibility index (Phi) is 6.43. The van der Waals surface area contributed by atoms with Gasteiger partial charge in [-0.25, -0.2) is 9.78 Å². The van der Waals surface area contributed by atoms with E-state index >= 15 is 0 Å². The van der Waals surface area contributed by atoms with Crippen LogP contribution >= 0.6 is 0 Å². The molecule has 0 spiro atoms. The van der Waals surface area contributed by atoms with Gasteiger partial charge in [0.15, 0.2) is 0 Å². The molecular weight excluding hydrogens is 232 g/mol. The van der Waals surface area contributed by atoms with Gasteiger partial charge in [-0.2, -0.15) is 0 Å². The number of aliphatic hydroxyl groups excluding tert-OH is 2. The molecule has 0 unspecified atom stereocenters. The summed E-state index contributed by atoms with van der Waals surface area (Å²) in [5, 5.41) is 18.1. The van der Waals surface area contributed by atoms with Crippen molar-refractivity contribution in [3.05, 3.63) is 24.7 Å². The van der Waals surface area contributed by atoms with E-state index in [0.29, 0.717) is 25.7 Å². The molecule has 0 heterocycles. The monoisotopic (exact) mass is 258 g/mol. The fourth-order valence-electron chi connectivity index (χ4n) is 1.20. The molecule has 0 bridgehead atoms. The van der Waals surface area contributed by atoms with E-state index < -0.39 is 11.2 Å². The Labute approximate surface area is 110 Å². The molecule has 0 saturated carbocycles. The van der Waals surface area contributed by atoms with Crippen molar-refractivity contribution in [2.45, 2.75) is 64.6 Å². The lowest BCUT2D eigenvalue weighted by molar-refractivity contribution is -0.402. The quantitative estimate of drug-likeness (QED) is 0.370. The van der Waals surface area contributed by atoms with E-state index in [1.165, 1.54) is 0 Å². The lowest BCUT2D eigenvalue weighted by Gasteiger charge is -2.30. The van der Waals surface area contributed by atoms with E-state index in [0.717, 1.165) is 0 Å². The molecule has 0 rings (SSSR count). The minimum atomic E-state index is -0.501. The van der Waals surface area contributed by atoms with Gasteiger partial charge >= 0.3 is 0 Å². The summed E-state index contributed by atoms with van der Waals surface area (Å²) in [6.45, 7) is 14.4. The summed E-state index contributed by atoms with van der Waals surface area (Å²) in [6.07, 6.45) is 2.19. The fourth-order valence-corrected chi connectivity index (χ4v) is 1.20. The van der Waals surface area contributed by atoms with E-state index in [1.54, 1.807) is 0 Å². The van der Waals surface area contributed by atoms with Crippen molar-refractivity contribution < 1.29 is 20.0 Å². The van der Waals surface area contributed by atoms with Gasteiger partial charge in [-0.15, -0.1) is 0 Å². The molecule has 4 nitrogen and oxygen atoms in total. The molecule has 0 aromatic carbocycles. The molecule has 0 aromatic heterocycles. The first-order chi connectivity index (χ1) is 8.04. The molecule has 0 radical (unpaired) electrons. The highest BCUT2D eigenvalue weighted by Gasteiger charge is 2.26. The summed E-state index contributed by atoms with van der Waals surface area (Å²) in [4.78, 5) is 10.8. The van der Waals surface area contributed by atoms with Crippen molar-refractivity contribution in [2.75, 3.05) is 0 Å². The summed E-state index contributed by atoms with van der Waals surface area (Å²) in [5.41, 5.74) is -1.00. The number of aliphatic hydroxyl groups is 2. The van der Waals surface area contributed by atoms with Gasteiger partial charge in [-0.3, -0.25) is 0 Å². The zero-order valence-electron chi connectivity index (χ0n) is 12.0. The van der Waals surface area contributed by atoms with Crippen LogP contribution in [0.5, 0.6) is 0 Å². The number of hydrogen-bond acceptors (Lipinski definition) is 4. The van der Waals surface area contributed by atoms with Crippen LogP contribution < -0.4 is 0 Å². The smallest absolute Gasteiger partial charge is 0.0984 e. The minimum absolute atomic E-state index is 0.141. The van der Waals surface area contributed by atoms with Crippen LogP contribution in [0.3, 0.4) is 0 Å². The summed E-state index contributed by atoms with van der Waals surface area (Å²) in [6, 6.07) is 0. The number of allylic oxidation sites excluding steroid dienone is 2. The molecule has 4 heteroatoms. The van der Waals surface area contributed by atoms with Crippen molar-refractivity contribution in [3.63, 3.8) is 0 Å². The zero-order valence-corrected chi connectivity index (χ0v) is 12.0. The fraction of sp³-hybridized carbons (Fsp3) is 0.714. The molecule has 0 amide bonds. The van der Waals surface area contributed by atoms with Crippen molar-refractivity contribution in [1.29, 1.82) is 0 Å². The van der Waals surface area contributed by atoms with Gasteiger partial charge < -0.3 is 10.2 Å². The summed E-state index contributed by atoms with van der Waals surface area (Å²) < 4.78 is 0. The number of hydrogen-bond donors (Lipinski definition) is 2. The second-order valence-electron chi connectivity index (χ2n) is 5.82. The third-order valence-electron chi connectivity index (χ3n) is 2.52. The predicted octanol–water partition coefficient (Wildman–Crippen LogP) is 4.20. The van der Waals surface area contributed by atoms with Crippen LogP contribution in [-0.2, 0) is 9.78 Å². The van der Waals surface area contributed by atoms with Crippen LogP contribution in [0.4, 0.5) is 0 Å². The van der Waals surface area contributed by atoms with Gasteiger partial charge in [0.25, 0.3) is 0 Å². The van der Waals surface area contributed by atoms with Crippen molar-refractivity contribution in [3.8, 4) is 0 Å². The molecule has 0 aliphatic carbocycles. The lowest BCUT2D eigenvalue weighted by Crippen LogP contribution is -2.32. The molecule has 0 aliphatic heterocycles. The number of rotatable bonds is 9. The van der Waals surface area contributed by atoms with E-state index in [-0.39, 0.29) is 11.5 Å². The van der Waals surface area contributed by atoms with Crippen LogP contribution in [0.25, 0.3) is 0 Å². The van der Waals surface area contributed by atoms with Crippen LogP contribution in [-0.4, -0.2) is 21.4 Å². The van der Waals surface area contributed by atoms with Crippen LogP contribution in [0.15, 0.2) is 24.7 Å². The van der Waals surface area contributed by atoms with Gasteiger partial charge in [0, 0.05) is 12.8 Å². The van der Waals surface area contributed by atoms with Crippen molar-refractivity contribution >= 4 is 0 Å². The van der Waals surface area contributed by atoms with E-state index in [4.69, 9.17) is 20.0 Å². The summed E-state index contributed by atoms with van der Waals surface area (Å²) in [5.74, 6) is 0.282. The molecule has 2 N–H and O–H groups in total. The summed E-state index contributed by atoms with van der Waals surface area (Å²) >= 11 is 0. The Morgan fingerprint density at radius 3 is 1.33 bits per heavy atom. The Balaban J connectivity index is 4.11. The average molecular weight is 258 g/mol. The maximum Gasteiger partial charge on any atom is 0.0984 e. The van der Waals surface area contributed by atoms with E-state index in [2.05, 4.69) is 13.2 Å². The maximum absolute atomic E-state index is 9.06. The predicted molar refractivity (Wildman–Crippen MR) is 72.3 cm³/mol. The highest BCUT2D eigenvalue weighted by molar-refractivity contribution is 4.84. The van der Waals surface area contributed by atoms with Crippen molar-refractivity contribution in [2.24, 2.45) is 0 Å². The average Bonchev–Trinajstić information content (AvgIpc) is 2.22. The first kappa shape index (κ1) is 17.0. The van der Waals surface area contributed by atoms with Gasteiger partial charge in [-0.1, -0.05) is 13.2 Å². The summed E-state index contributed by atoms with van der Waals surface area (Å²) in [7, 11) is 0. The van der Waals surface area contributed by atoms with Crippen LogP contribution in [0.1, 0.15) is 53.4 Å². The SMILES string of the molecule is C=C(O)CCC(C)(C)OOC(C)(C)CCC(=C)O. The molecule has 0 atom stereocenters. The van der Waals surface area contributed by atoms with Gasteiger partial charge in [0.2, 0.25) is 0 Å². The largest absolute Gasteiger partial charge is 0.513 e. The first-order valence-electron chi connectivity index (χ1n) is 6.14.